The molecule has 0 fully saturated rings. The van der Waals surface area contributed by atoms with Crippen LogP contribution in [0.3, 0.4) is 0 Å². The topological polar surface area (TPSA) is 50.7 Å². The second-order valence-electron chi connectivity index (χ2n) is 6.46. The molecule has 4 nitrogen and oxygen atoms in total. The first-order chi connectivity index (χ1) is 14.0. The maximum absolute atomic E-state index is 11.5. The Morgan fingerprint density at radius 2 is 1.52 bits per heavy atom. The van der Waals surface area contributed by atoms with Crippen LogP contribution in [0, 0.1) is 4.91 Å². The van der Waals surface area contributed by atoms with Crippen molar-refractivity contribution in [1.29, 1.82) is 0 Å². The fraction of sp³-hybridized carbons (Fsp3) is 0.182. The predicted molar refractivity (Wildman–Crippen MR) is 118 cm³/mol. The molecule has 0 saturated heterocycles. The van der Waals surface area contributed by atoms with Gasteiger partial charge in [-0.3, -0.25) is 0 Å². The third-order valence-corrected chi connectivity index (χ3v) is 4.95. The first-order valence-electron chi connectivity index (χ1n) is 8.99. The van der Waals surface area contributed by atoms with Gasteiger partial charge >= 0.3 is 0 Å². The van der Waals surface area contributed by atoms with Crippen LogP contribution in [0.4, 0.5) is 0 Å². The number of rotatable bonds is 9. The summed E-state index contributed by atoms with van der Waals surface area (Å²) in [6.45, 7) is 1.11. The van der Waals surface area contributed by atoms with Gasteiger partial charge in [0, 0.05) is 33.7 Å². The summed E-state index contributed by atoms with van der Waals surface area (Å²) in [4.78, 5) is 11.5. The van der Waals surface area contributed by atoms with E-state index < -0.39 is 12.3 Å². The Balaban J connectivity index is 1.78. The molecular formula is C22H19Cl3N2O2. The first kappa shape index (κ1) is 21.8. The minimum Gasteiger partial charge on any atom is -0.340 e. The van der Waals surface area contributed by atoms with Gasteiger partial charge in [-0.2, -0.15) is 0 Å². The summed E-state index contributed by atoms with van der Waals surface area (Å²) in [6, 6.07) is 22.2. The summed E-state index contributed by atoms with van der Waals surface area (Å²) in [5.74, 6) is 0. The summed E-state index contributed by atoms with van der Waals surface area (Å²) in [7, 11) is 0. The van der Waals surface area contributed by atoms with E-state index >= 15 is 0 Å². The molecular weight excluding hydrogens is 431 g/mol. The summed E-state index contributed by atoms with van der Waals surface area (Å²) in [5, 5.41) is 7.90. The minimum absolute atomic E-state index is 0.409. The van der Waals surface area contributed by atoms with Crippen molar-refractivity contribution in [3.8, 4) is 0 Å². The van der Waals surface area contributed by atoms with Gasteiger partial charge in [0.25, 0.3) is 0 Å². The molecule has 3 aromatic rings. The lowest BCUT2D eigenvalue weighted by molar-refractivity contribution is -0.0108. The van der Waals surface area contributed by atoms with Crippen molar-refractivity contribution in [3.63, 3.8) is 0 Å². The number of nitrogens with zero attached hydrogens (tertiary/aromatic N) is 1. The first-order valence-corrected chi connectivity index (χ1v) is 10.1. The largest absolute Gasteiger partial charge is 0.340 e. The normalized spacial score (nSPS) is 13.1. The highest BCUT2D eigenvalue weighted by Gasteiger charge is 2.22. The summed E-state index contributed by atoms with van der Waals surface area (Å²) in [6.07, 6.45) is -1.52. The smallest absolute Gasteiger partial charge is 0.216 e. The Morgan fingerprint density at radius 3 is 2.17 bits per heavy atom. The zero-order valence-electron chi connectivity index (χ0n) is 15.4. The molecule has 0 radical (unpaired) electrons. The van der Waals surface area contributed by atoms with E-state index in [4.69, 9.17) is 39.5 Å². The molecule has 3 aromatic carbocycles. The Labute approximate surface area is 184 Å². The number of hydrogen-bond donors (Lipinski definition) is 1. The SMILES string of the molecule is O=NC(OC(CNCc1ccccc1)c1cccc(Cl)c1)c1cc(Cl)cc(Cl)c1. The van der Waals surface area contributed by atoms with E-state index in [0.717, 1.165) is 11.1 Å². The summed E-state index contributed by atoms with van der Waals surface area (Å²) < 4.78 is 6.06. The molecule has 0 amide bonds. The Kier molecular flexibility index (Phi) is 8.04. The maximum Gasteiger partial charge on any atom is 0.216 e. The van der Waals surface area contributed by atoms with Crippen LogP contribution in [0.2, 0.25) is 15.1 Å². The quantitative estimate of drug-likeness (QED) is 0.359. The average molecular weight is 450 g/mol. The molecule has 29 heavy (non-hydrogen) atoms. The molecule has 0 bridgehead atoms. The number of ether oxygens (including phenoxy) is 1. The van der Waals surface area contributed by atoms with Crippen LogP contribution in [0.15, 0.2) is 78.0 Å². The second kappa shape index (κ2) is 10.7. The van der Waals surface area contributed by atoms with E-state index in [1.54, 1.807) is 24.3 Å². The Hall–Kier alpha value is -1.95. The van der Waals surface area contributed by atoms with Crippen molar-refractivity contribution >= 4 is 34.8 Å². The monoisotopic (exact) mass is 448 g/mol. The number of hydrogen-bond acceptors (Lipinski definition) is 4. The van der Waals surface area contributed by atoms with Crippen LogP contribution in [-0.4, -0.2) is 6.54 Å². The molecule has 150 valence electrons. The minimum atomic E-state index is -1.06. The fourth-order valence-corrected chi connectivity index (χ4v) is 3.67. The highest BCUT2D eigenvalue weighted by Crippen LogP contribution is 2.31. The van der Waals surface area contributed by atoms with E-state index in [1.807, 2.05) is 48.5 Å². The number of nitrogens with one attached hydrogen (secondary N) is 1. The van der Waals surface area contributed by atoms with Crippen molar-refractivity contribution < 1.29 is 4.74 Å². The van der Waals surface area contributed by atoms with E-state index in [2.05, 4.69) is 10.5 Å². The van der Waals surface area contributed by atoms with E-state index in [-0.39, 0.29) is 0 Å². The van der Waals surface area contributed by atoms with Gasteiger partial charge in [-0.15, -0.1) is 4.91 Å². The highest BCUT2D eigenvalue weighted by molar-refractivity contribution is 6.34. The van der Waals surface area contributed by atoms with Crippen molar-refractivity contribution in [3.05, 3.63) is 109 Å². The zero-order chi connectivity index (χ0) is 20.6. The number of benzene rings is 3. The molecule has 7 heteroatoms. The fourth-order valence-electron chi connectivity index (χ4n) is 2.93. The highest BCUT2D eigenvalue weighted by atomic mass is 35.5. The molecule has 0 heterocycles. The van der Waals surface area contributed by atoms with Crippen LogP contribution in [0.5, 0.6) is 0 Å². The average Bonchev–Trinajstić information content (AvgIpc) is 2.70. The molecule has 3 rings (SSSR count). The van der Waals surface area contributed by atoms with Crippen LogP contribution < -0.4 is 5.32 Å². The molecule has 0 aromatic heterocycles. The van der Waals surface area contributed by atoms with Crippen LogP contribution in [-0.2, 0) is 11.3 Å². The standard InChI is InChI=1S/C22H19Cl3N2O2/c23-18-8-4-7-16(9-18)21(14-26-13-15-5-2-1-3-6-15)29-22(27-28)17-10-19(24)12-20(25)11-17/h1-12,21-22,26H,13-14H2. The molecule has 1 N–H and O–H groups in total. The molecule has 0 saturated carbocycles. The number of halogens is 3. The lowest BCUT2D eigenvalue weighted by Gasteiger charge is -2.22. The van der Waals surface area contributed by atoms with Gasteiger partial charge < -0.3 is 10.1 Å². The Morgan fingerprint density at radius 1 is 0.828 bits per heavy atom. The zero-order valence-corrected chi connectivity index (χ0v) is 17.7. The van der Waals surface area contributed by atoms with Crippen molar-refractivity contribution in [2.45, 2.75) is 18.9 Å². The third-order valence-electron chi connectivity index (χ3n) is 4.28. The molecule has 2 atom stereocenters. The second-order valence-corrected chi connectivity index (χ2v) is 7.77. The molecule has 2 unspecified atom stereocenters. The van der Waals surface area contributed by atoms with Gasteiger partial charge in [-0.1, -0.05) is 77.3 Å². The van der Waals surface area contributed by atoms with Gasteiger partial charge in [0.15, 0.2) is 0 Å². The summed E-state index contributed by atoms with van der Waals surface area (Å²) in [5.41, 5.74) is 2.47. The lowest BCUT2D eigenvalue weighted by atomic mass is 10.1. The molecule has 0 spiro atoms. The number of nitroso groups, excluding NO2 is 1. The summed E-state index contributed by atoms with van der Waals surface area (Å²) >= 11 is 18.3. The molecule has 0 aliphatic rings. The van der Waals surface area contributed by atoms with Crippen LogP contribution in [0.25, 0.3) is 0 Å². The lowest BCUT2D eigenvalue weighted by Crippen LogP contribution is -2.24. The Bertz CT molecular complexity index is 934. The van der Waals surface area contributed by atoms with Gasteiger partial charge in [0.05, 0.1) is 6.10 Å². The van der Waals surface area contributed by atoms with Gasteiger partial charge in [-0.25, -0.2) is 0 Å². The van der Waals surface area contributed by atoms with Crippen molar-refractivity contribution in [2.24, 2.45) is 5.18 Å². The molecule has 0 aliphatic heterocycles. The van der Waals surface area contributed by atoms with Gasteiger partial charge in [0.2, 0.25) is 6.23 Å². The van der Waals surface area contributed by atoms with Crippen molar-refractivity contribution in [2.75, 3.05) is 6.54 Å². The maximum atomic E-state index is 11.5. The van der Waals surface area contributed by atoms with Gasteiger partial charge in [0.1, 0.15) is 0 Å². The van der Waals surface area contributed by atoms with E-state index in [9.17, 15) is 4.91 Å². The third kappa shape index (κ3) is 6.53. The van der Waals surface area contributed by atoms with E-state index in [1.165, 1.54) is 0 Å². The van der Waals surface area contributed by atoms with Gasteiger partial charge in [-0.05, 0) is 46.6 Å². The predicted octanol–water partition coefficient (Wildman–Crippen LogP) is 6.96. The van der Waals surface area contributed by atoms with E-state index in [0.29, 0.717) is 33.7 Å². The van der Waals surface area contributed by atoms with Crippen LogP contribution >= 0.6 is 34.8 Å². The van der Waals surface area contributed by atoms with Crippen molar-refractivity contribution in [1.82, 2.24) is 5.32 Å². The van der Waals surface area contributed by atoms with Crippen LogP contribution in [0.1, 0.15) is 29.0 Å². The molecule has 0 aliphatic carbocycles.